The SMILES string of the molecule is CC(=O)O.CCCCCCCCCCCCCCCCCC1=NCCN1CCO. The van der Waals surface area contributed by atoms with Gasteiger partial charge >= 0.3 is 0 Å². The number of aliphatic hydroxyl groups excluding tert-OH is 1. The highest BCUT2D eigenvalue weighted by atomic mass is 16.4. The lowest BCUT2D eigenvalue weighted by atomic mass is 10.0. The molecule has 1 rings (SSSR count). The fourth-order valence-corrected chi connectivity index (χ4v) is 3.78. The summed E-state index contributed by atoms with van der Waals surface area (Å²) in [5.74, 6) is 0.406. The van der Waals surface area contributed by atoms with E-state index in [1.807, 2.05) is 0 Å². The van der Waals surface area contributed by atoms with Crippen molar-refractivity contribution < 1.29 is 15.0 Å². The molecule has 0 aromatic carbocycles. The van der Waals surface area contributed by atoms with Crippen LogP contribution in [-0.2, 0) is 4.79 Å². The van der Waals surface area contributed by atoms with Crippen molar-refractivity contribution in [2.24, 2.45) is 4.99 Å². The van der Waals surface area contributed by atoms with Crippen LogP contribution < -0.4 is 0 Å². The number of carboxylic acids is 1. The summed E-state index contributed by atoms with van der Waals surface area (Å²) in [6, 6.07) is 0. The van der Waals surface area contributed by atoms with E-state index in [-0.39, 0.29) is 6.61 Å². The third kappa shape index (κ3) is 20.0. The van der Waals surface area contributed by atoms with Gasteiger partial charge in [-0.3, -0.25) is 9.79 Å². The fraction of sp³-hybridized carbons (Fsp3) is 0.917. The third-order valence-electron chi connectivity index (χ3n) is 5.40. The van der Waals surface area contributed by atoms with Gasteiger partial charge < -0.3 is 15.1 Å². The van der Waals surface area contributed by atoms with Crippen LogP contribution in [0.1, 0.15) is 117 Å². The number of hydrogen-bond donors (Lipinski definition) is 2. The lowest BCUT2D eigenvalue weighted by Gasteiger charge is -2.18. The number of aliphatic hydroxyl groups is 1. The Hall–Kier alpha value is -1.10. The maximum atomic E-state index is 9.05. The van der Waals surface area contributed by atoms with Gasteiger partial charge in [0.25, 0.3) is 5.97 Å². The molecule has 0 saturated heterocycles. The number of carbonyl (C=O) groups is 1. The Morgan fingerprint density at radius 2 is 1.28 bits per heavy atom. The molecule has 1 heterocycles. The second-order valence-corrected chi connectivity index (χ2v) is 8.23. The minimum absolute atomic E-state index is 0.248. The van der Waals surface area contributed by atoms with Gasteiger partial charge in [0.2, 0.25) is 0 Å². The minimum atomic E-state index is -0.833. The lowest BCUT2D eigenvalue weighted by Crippen LogP contribution is -2.30. The molecular weight excluding hydrogens is 364 g/mol. The molecule has 0 spiro atoms. The summed E-state index contributed by atoms with van der Waals surface area (Å²) in [6.07, 6.45) is 22.3. The molecule has 0 amide bonds. The number of aliphatic imine (C=N–C) groups is 1. The normalized spacial score (nSPS) is 13.2. The number of unbranched alkanes of at least 4 members (excludes halogenated alkanes) is 14. The maximum absolute atomic E-state index is 9.05. The number of amidine groups is 1. The summed E-state index contributed by atoms with van der Waals surface area (Å²) in [7, 11) is 0. The number of rotatable bonds is 18. The fourth-order valence-electron chi connectivity index (χ4n) is 3.78. The van der Waals surface area contributed by atoms with Crippen molar-refractivity contribution in [3.8, 4) is 0 Å². The third-order valence-corrected chi connectivity index (χ3v) is 5.40. The van der Waals surface area contributed by atoms with Gasteiger partial charge in [-0.1, -0.05) is 96.8 Å². The van der Waals surface area contributed by atoms with Gasteiger partial charge in [0.1, 0.15) is 0 Å². The van der Waals surface area contributed by atoms with Crippen LogP contribution in [0.5, 0.6) is 0 Å². The monoisotopic (exact) mass is 412 g/mol. The zero-order valence-electron chi connectivity index (χ0n) is 19.3. The lowest BCUT2D eigenvalue weighted by molar-refractivity contribution is -0.134. The molecule has 0 aromatic rings. The van der Waals surface area contributed by atoms with E-state index in [0.717, 1.165) is 33.0 Å². The standard InChI is InChI=1S/C22H44N2O.C2H4O2/c1-2-3-4-5-6-7-8-9-10-11-12-13-14-15-16-17-22-23-18-19-24(22)20-21-25;1-2(3)4/h25H,2-21H2,1H3;1H3,(H,3,4). The zero-order chi connectivity index (χ0) is 21.6. The van der Waals surface area contributed by atoms with E-state index in [0.29, 0.717) is 0 Å². The largest absolute Gasteiger partial charge is 0.481 e. The number of hydrogen-bond acceptors (Lipinski definition) is 4. The first-order valence-corrected chi connectivity index (χ1v) is 12.2. The van der Waals surface area contributed by atoms with Crippen LogP contribution in [0, 0.1) is 0 Å². The average molecular weight is 413 g/mol. The molecule has 0 fully saturated rings. The van der Waals surface area contributed by atoms with E-state index in [1.54, 1.807) is 0 Å². The van der Waals surface area contributed by atoms with E-state index in [9.17, 15) is 0 Å². The molecule has 29 heavy (non-hydrogen) atoms. The van der Waals surface area contributed by atoms with Gasteiger partial charge in [-0.15, -0.1) is 0 Å². The summed E-state index contributed by atoms with van der Waals surface area (Å²) >= 11 is 0. The molecule has 1 aliphatic heterocycles. The quantitative estimate of drug-likeness (QED) is 0.269. The first-order chi connectivity index (χ1) is 14.1. The Morgan fingerprint density at radius 1 is 0.862 bits per heavy atom. The van der Waals surface area contributed by atoms with Crippen LogP contribution in [0.25, 0.3) is 0 Å². The summed E-state index contributed by atoms with van der Waals surface area (Å²) in [5, 5.41) is 16.5. The van der Waals surface area contributed by atoms with Gasteiger partial charge in [0.05, 0.1) is 19.0 Å². The average Bonchev–Trinajstić information content (AvgIpc) is 3.12. The highest BCUT2D eigenvalue weighted by Crippen LogP contribution is 2.14. The van der Waals surface area contributed by atoms with Gasteiger partial charge in [0.15, 0.2) is 0 Å². The molecule has 1 aliphatic rings. The van der Waals surface area contributed by atoms with Crippen molar-refractivity contribution in [2.75, 3.05) is 26.2 Å². The summed E-state index contributed by atoms with van der Waals surface area (Å²) in [5.41, 5.74) is 0. The zero-order valence-corrected chi connectivity index (χ0v) is 19.3. The first kappa shape index (κ1) is 27.9. The molecule has 0 aromatic heterocycles. The maximum Gasteiger partial charge on any atom is 0.300 e. The molecule has 0 bridgehead atoms. The number of β-amino-alcohol motifs (C(OH)–C–C–N with tert-alkyl or cyclic N) is 1. The Kier molecular flexibility index (Phi) is 20.8. The molecule has 5 heteroatoms. The Bertz CT molecular complexity index is 396. The van der Waals surface area contributed by atoms with Crippen LogP contribution >= 0.6 is 0 Å². The van der Waals surface area contributed by atoms with Crippen molar-refractivity contribution >= 4 is 11.8 Å². The second kappa shape index (κ2) is 21.6. The second-order valence-electron chi connectivity index (χ2n) is 8.23. The number of nitrogens with zero attached hydrogens (tertiary/aromatic N) is 2. The minimum Gasteiger partial charge on any atom is -0.481 e. The first-order valence-electron chi connectivity index (χ1n) is 12.2. The molecule has 0 unspecified atom stereocenters. The Labute approximate surface area is 180 Å². The summed E-state index contributed by atoms with van der Waals surface area (Å²) in [4.78, 5) is 15.8. The van der Waals surface area contributed by atoms with Crippen molar-refractivity contribution in [2.45, 2.75) is 117 Å². The topological polar surface area (TPSA) is 73.1 Å². The van der Waals surface area contributed by atoms with Crippen LogP contribution in [0.15, 0.2) is 4.99 Å². The highest BCUT2D eigenvalue weighted by Gasteiger charge is 2.14. The van der Waals surface area contributed by atoms with Crippen LogP contribution in [0.2, 0.25) is 0 Å². The van der Waals surface area contributed by atoms with Crippen molar-refractivity contribution in [3.63, 3.8) is 0 Å². The van der Waals surface area contributed by atoms with Gasteiger partial charge in [-0.2, -0.15) is 0 Å². The molecule has 172 valence electrons. The summed E-state index contributed by atoms with van der Waals surface area (Å²) < 4.78 is 0. The number of carboxylic acid groups (broad SMARTS) is 1. The van der Waals surface area contributed by atoms with E-state index in [2.05, 4.69) is 16.8 Å². The van der Waals surface area contributed by atoms with Gasteiger partial charge in [-0.25, -0.2) is 0 Å². The predicted octanol–water partition coefficient (Wildman–Crippen LogP) is 6.05. The van der Waals surface area contributed by atoms with Crippen molar-refractivity contribution in [1.82, 2.24) is 4.90 Å². The summed E-state index contributed by atoms with van der Waals surface area (Å²) in [6.45, 7) is 6.31. The predicted molar refractivity (Wildman–Crippen MR) is 124 cm³/mol. The van der Waals surface area contributed by atoms with E-state index >= 15 is 0 Å². The molecule has 0 radical (unpaired) electrons. The smallest absolute Gasteiger partial charge is 0.300 e. The molecule has 2 N–H and O–H groups in total. The molecular formula is C24H48N2O3. The van der Waals surface area contributed by atoms with Crippen LogP contribution in [0.3, 0.4) is 0 Å². The Morgan fingerprint density at radius 3 is 1.69 bits per heavy atom. The highest BCUT2D eigenvalue weighted by molar-refractivity contribution is 5.83. The van der Waals surface area contributed by atoms with Crippen LogP contribution in [-0.4, -0.2) is 53.2 Å². The van der Waals surface area contributed by atoms with Crippen molar-refractivity contribution in [1.29, 1.82) is 0 Å². The van der Waals surface area contributed by atoms with Crippen LogP contribution in [0.4, 0.5) is 0 Å². The molecule has 0 atom stereocenters. The molecule has 5 nitrogen and oxygen atoms in total. The van der Waals surface area contributed by atoms with Gasteiger partial charge in [0, 0.05) is 26.4 Å². The molecule has 0 aliphatic carbocycles. The van der Waals surface area contributed by atoms with E-state index in [1.165, 1.54) is 102 Å². The van der Waals surface area contributed by atoms with Crippen molar-refractivity contribution in [3.05, 3.63) is 0 Å². The van der Waals surface area contributed by atoms with E-state index in [4.69, 9.17) is 15.0 Å². The van der Waals surface area contributed by atoms with Gasteiger partial charge in [-0.05, 0) is 6.42 Å². The Balaban J connectivity index is 0.00000178. The number of aliphatic carboxylic acids is 1. The molecule has 0 saturated carbocycles. The van der Waals surface area contributed by atoms with E-state index < -0.39 is 5.97 Å².